The number of aliphatic hydroxyl groups is 1. The molecule has 1 atom stereocenters. The Labute approximate surface area is 188 Å². The first-order valence-corrected chi connectivity index (χ1v) is 10.3. The van der Waals surface area contributed by atoms with Gasteiger partial charge >= 0.3 is 0 Å². The van der Waals surface area contributed by atoms with Crippen LogP contribution in [0.25, 0.3) is 33.7 Å². The van der Waals surface area contributed by atoms with Crippen LogP contribution < -0.4 is 5.73 Å². The summed E-state index contributed by atoms with van der Waals surface area (Å²) >= 11 is 0. The van der Waals surface area contributed by atoms with Crippen molar-refractivity contribution in [3.8, 4) is 22.5 Å². The smallest absolute Gasteiger partial charge is 0.220 e. The fourth-order valence-corrected chi connectivity index (χ4v) is 3.87. The third-order valence-corrected chi connectivity index (χ3v) is 5.64. The minimum Gasteiger partial charge on any atom is -0.379 e. The number of aromatic nitrogens is 7. The van der Waals surface area contributed by atoms with Gasteiger partial charge in [0.05, 0.1) is 29.5 Å². The van der Waals surface area contributed by atoms with Crippen molar-refractivity contribution >= 4 is 17.1 Å². The molecule has 33 heavy (non-hydrogen) atoms. The van der Waals surface area contributed by atoms with Crippen molar-refractivity contribution in [2.75, 3.05) is 5.73 Å². The molecule has 4 N–H and O–H groups in total. The molecule has 0 aliphatic carbocycles. The molecule has 0 bridgehead atoms. The highest BCUT2D eigenvalue weighted by Crippen LogP contribution is 2.35. The van der Waals surface area contributed by atoms with Crippen LogP contribution in [0.3, 0.4) is 0 Å². The fourth-order valence-electron chi connectivity index (χ4n) is 3.87. The zero-order valence-corrected chi connectivity index (χ0v) is 18.0. The Kier molecular flexibility index (Phi) is 4.86. The van der Waals surface area contributed by atoms with Crippen LogP contribution >= 0.6 is 0 Å². The molecule has 5 rings (SSSR count). The summed E-state index contributed by atoms with van der Waals surface area (Å²) in [4.78, 5) is 20.9. The maximum absolute atomic E-state index is 13.9. The largest absolute Gasteiger partial charge is 0.379 e. The normalized spacial score (nSPS) is 13.3. The predicted molar refractivity (Wildman–Crippen MR) is 121 cm³/mol. The Morgan fingerprint density at radius 2 is 2.00 bits per heavy atom. The van der Waals surface area contributed by atoms with Crippen molar-refractivity contribution in [3.63, 3.8) is 0 Å². The van der Waals surface area contributed by atoms with E-state index in [2.05, 4.69) is 25.0 Å². The molecule has 0 radical (unpaired) electrons. The van der Waals surface area contributed by atoms with Crippen LogP contribution in [0, 0.1) is 5.82 Å². The quantitative estimate of drug-likeness (QED) is 0.379. The summed E-state index contributed by atoms with van der Waals surface area (Å²) in [5.41, 5.74) is 8.89. The second-order valence-electron chi connectivity index (χ2n) is 7.78. The van der Waals surface area contributed by atoms with Crippen molar-refractivity contribution < 1.29 is 9.50 Å². The SMILES string of the molecule is CC[C@](O)(c1cccc(F)c1)c1cc(-c2c[nH]c3ncc(-c4cnn(C)c4)nc23)nc(N)n1. The molecule has 4 aromatic heterocycles. The highest BCUT2D eigenvalue weighted by Gasteiger charge is 2.33. The highest BCUT2D eigenvalue weighted by atomic mass is 19.1. The second-order valence-corrected chi connectivity index (χ2v) is 7.78. The average Bonchev–Trinajstić information content (AvgIpc) is 3.44. The summed E-state index contributed by atoms with van der Waals surface area (Å²) in [6.45, 7) is 1.79. The second kappa shape index (κ2) is 7.75. The topological polar surface area (TPSA) is 131 Å². The van der Waals surface area contributed by atoms with E-state index >= 15 is 0 Å². The van der Waals surface area contributed by atoms with E-state index in [9.17, 15) is 9.50 Å². The van der Waals surface area contributed by atoms with Crippen molar-refractivity contribution in [3.05, 3.63) is 72.2 Å². The van der Waals surface area contributed by atoms with Gasteiger partial charge in [-0.2, -0.15) is 5.10 Å². The molecule has 9 nitrogen and oxygen atoms in total. The molecule has 10 heteroatoms. The predicted octanol–water partition coefficient (Wildman–Crippen LogP) is 3.18. The molecular formula is C23H21FN8O. The van der Waals surface area contributed by atoms with Crippen molar-refractivity contribution in [1.82, 2.24) is 34.7 Å². The Morgan fingerprint density at radius 1 is 1.15 bits per heavy atom. The number of nitrogens with two attached hydrogens (primary N) is 1. The molecule has 166 valence electrons. The first-order valence-electron chi connectivity index (χ1n) is 10.3. The molecule has 5 aromatic rings. The number of nitrogens with one attached hydrogen (secondary N) is 1. The third-order valence-electron chi connectivity index (χ3n) is 5.64. The molecule has 0 saturated heterocycles. The number of nitrogens with zero attached hydrogens (tertiary/aromatic N) is 6. The zero-order valence-electron chi connectivity index (χ0n) is 18.0. The molecule has 0 spiro atoms. The van der Waals surface area contributed by atoms with Gasteiger partial charge in [-0.3, -0.25) is 4.68 Å². The minimum atomic E-state index is -1.55. The Bertz CT molecular complexity index is 1480. The number of aryl methyl sites for hydroxylation is 1. The fraction of sp³-hybridized carbons (Fsp3) is 0.174. The Morgan fingerprint density at radius 3 is 2.73 bits per heavy atom. The molecule has 4 heterocycles. The molecule has 0 fully saturated rings. The van der Waals surface area contributed by atoms with Crippen LogP contribution in [-0.2, 0) is 12.6 Å². The van der Waals surface area contributed by atoms with Gasteiger partial charge < -0.3 is 15.8 Å². The Hall–Kier alpha value is -4.18. The van der Waals surface area contributed by atoms with Crippen molar-refractivity contribution in [2.24, 2.45) is 7.05 Å². The van der Waals surface area contributed by atoms with Crippen molar-refractivity contribution in [2.45, 2.75) is 18.9 Å². The van der Waals surface area contributed by atoms with E-state index in [1.165, 1.54) is 12.1 Å². The standard InChI is InChI=1S/C23H21FN8O/c1-3-23(33,14-5-4-6-15(24)7-14)19-8-17(30-22(25)31-19)16-10-26-21-20(16)29-18(11-27-21)13-9-28-32(2)12-13/h4-12,33H,3H2,1-2H3,(H,26,27)(H2,25,30,31)/t23-/m0/s1. The maximum Gasteiger partial charge on any atom is 0.220 e. The lowest BCUT2D eigenvalue weighted by atomic mass is 9.87. The lowest BCUT2D eigenvalue weighted by Gasteiger charge is -2.27. The van der Waals surface area contributed by atoms with E-state index < -0.39 is 11.4 Å². The molecule has 0 unspecified atom stereocenters. The van der Waals surface area contributed by atoms with Crippen LogP contribution in [0.1, 0.15) is 24.6 Å². The van der Waals surface area contributed by atoms with E-state index in [1.807, 2.05) is 13.2 Å². The number of H-pyrrole nitrogens is 1. The summed E-state index contributed by atoms with van der Waals surface area (Å²) in [5.74, 6) is -0.465. The summed E-state index contributed by atoms with van der Waals surface area (Å²) in [5, 5.41) is 15.7. The maximum atomic E-state index is 13.9. The number of aromatic amines is 1. The first-order chi connectivity index (χ1) is 15.9. The van der Waals surface area contributed by atoms with Gasteiger partial charge in [-0.1, -0.05) is 19.1 Å². The molecule has 0 amide bonds. The minimum absolute atomic E-state index is 0.0171. The highest BCUT2D eigenvalue weighted by molar-refractivity contribution is 5.90. The van der Waals surface area contributed by atoms with Gasteiger partial charge in [0.25, 0.3) is 0 Å². The number of fused-ring (bicyclic) bond motifs is 1. The van der Waals surface area contributed by atoms with Gasteiger partial charge in [0.1, 0.15) is 16.9 Å². The Balaban J connectivity index is 1.65. The number of hydrogen-bond acceptors (Lipinski definition) is 7. The van der Waals surface area contributed by atoms with Crippen molar-refractivity contribution in [1.29, 1.82) is 0 Å². The van der Waals surface area contributed by atoms with E-state index in [4.69, 9.17) is 10.7 Å². The summed E-state index contributed by atoms with van der Waals surface area (Å²) < 4.78 is 15.6. The van der Waals surface area contributed by atoms with Crippen LogP contribution in [0.15, 0.2) is 55.1 Å². The van der Waals surface area contributed by atoms with Gasteiger partial charge in [0.15, 0.2) is 5.65 Å². The van der Waals surface area contributed by atoms with Gasteiger partial charge in [-0.15, -0.1) is 0 Å². The lowest BCUT2D eigenvalue weighted by molar-refractivity contribution is 0.0716. The number of benzene rings is 1. The van der Waals surface area contributed by atoms with E-state index in [0.717, 1.165) is 5.56 Å². The molecular weight excluding hydrogens is 423 g/mol. The van der Waals surface area contributed by atoms with Gasteiger partial charge in [-0.05, 0) is 30.2 Å². The van der Waals surface area contributed by atoms with Crippen LogP contribution in [0.2, 0.25) is 0 Å². The zero-order chi connectivity index (χ0) is 23.2. The summed E-state index contributed by atoms with van der Waals surface area (Å²) in [6, 6.07) is 7.46. The van der Waals surface area contributed by atoms with Crippen LogP contribution in [0.4, 0.5) is 10.3 Å². The monoisotopic (exact) mass is 444 g/mol. The van der Waals surface area contributed by atoms with Crippen LogP contribution in [0.5, 0.6) is 0 Å². The van der Waals surface area contributed by atoms with Crippen LogP contribution in [-0.4, -0.2) is 39.8 Å². The number of anilines is 1. The third kappa shape index (κ3) is 3.60. The number of rotatable bonds is 5. The first kappa shape index (κ1) is 20.7. The molecule has 0 aliphatic heterocycles. The van der Waals surface area contributed by atoms with Gasteiger partial charge in [-0.25, -0.2) is 24.3 Å². The van der Waals surface area contributed by atoms with E-state index in [1.54, 1.807) is 48.4 Å². The van der Waals surface area contributed by atoms with Gasteiger partial charge in [0.2, 0.25) is 5.95 Å². The summed E-state index contributed by atoms with van der Waals surface area (Å²) in [7, 11) is 1.83. The summed E-state index contributed by atoms with van der Waals surface area (Å²) in [6.07, 6.45) is 7.22. The lowest BCUT2D eigenvalue weighted by Crippen LogP contribution is -2.28. The number of hydrogen-bond donors (Lipinski definition) is 3. The van der Waals surface area contributed by atoms with E-state index in [0.29, 0.717) is 33.7 Å². The average molecular weight is 444 g/mol. The van der Waals surface area contributed by atoms with E-state index in [-0.39, 0.29) is 18.1 Å². The molecule has 1 aromatic carbocycles. The molecule has 0 aliphatic rings. The number of nitrogen functional groups attached to an aromatic ring is 1. The number of halogens is 1. The van der Waals surface area contributed by atoms with Gasteiger partial charge in [0, 0.05) is 30.6 Å². The molecule has 0 saturated carbocycles.